The molecule has 2 aliphatic rings. The summed E-state index contributed by atoms with van der Waals surface area (Å²) in [5.41, 5.74) is 3.20. The average Bonchev–Trinajstić information content (AvgIpc) is 3.02. The second-order valence-electron chi connectivity index (χ2n) is 8.18. The summed E-state index contributed by atoms with van der Waals surface area (Å²) >= 11 is 0. The average molecular weight is 401 g/mol. The number of hydrazine groups is 1. The summed E-state index contributed by atoms with van der Waals surface area (Å²) in [7, 11) is -3.27. The minimum atomic E-state index is -3.27. The normalized spacial score (nSPS) is 25.3. The fourth-order valence-electron chi connectivity index (χ4n) is 4.66. The van der Waals surface area contributed by atoms with E-state index in [0.717, 1.165) is 49.1 Å². The second kappa shape index (κ2) is 7.50. The third kappa shape index (κ3) is 3.81. The van der Waals surface area contributed by atoms with Crippen molar-refractivity contribution in [1.82, 2.24) is 5.01 Å². The Labute approximate surface area is 167 Å². The number of piperidine rings is 1. The van der Waals surface area contributed by atoms with Crippen LogP contribution < -0.4 is 10.6 Å². The first-order valence-corrected chi connectivity index (χ1v) is 11.8. The standard InChI is InChI=1S/C22H28N2O3S/c1-15-11-18-13-20(28(2,25)26)14-19(22(18)27-15)12-17-9-6-10-24(23)21(17)16-7-4-3-5-8-16/h3-5,7-8,13-15,17,21H,6,9-12,23H2,1-2H3/t15?,17-,21+/m0/s1. The number of benzene rings is 2. The van der Waals surface area contributed by atoms with Crippen molar-refractivity contribution in [2.75, 3.05) is 12.8 Å². The molecule has 0 saturated carbocycles. The summed E-state index contributed by atoms with van der Waals surface area (Å²) in [6.45, 7) is 2.89. The van der Waals surface area contributed by atoms with E-state index in [0.29, 0.717) is 10.8 Å². The molecule has 150 valence electrons. The van der Waals surface area contributed by atoms with Gasteiger partial charge in [-0.05, 0) is 60.9 Å². The lowest BCUT2D eigenvalue weighted by atomic mass is 9.81. The van der Waals surface area contributed by atoms with Crippen molar-refractivity contribution in [1.29, 1.82) is 0 Å². The largest absolute Gasteiger partial charge is 0.490 e. The molecule has 2 aromatic carbocycles. The van der Waals surface area contributed by atoms with Gasteiger partial charge in [-0.25, -0.2) is 13.4 Å². The summed E-state index contributed by atoms with van der Waals surface area (Å²) in [6.07, 6.45) is 4.95. The molecule has 2 aliphatic heterocycles. The van der Waals surface area contributed by atoms with Crippen LogP contribution in [0.25, 0.3) is 0 Å². The van der Waals surface area contributed by atoms with Crippen LogP contribution in [0.4, 0.5) is 0 Å². The van der Waals surface area contributed by atoms with Gasteiger partial charge < -0.3 is 4.74 Å². The van der Waals surface area contributed by atoms with E-state index in [-0.39, 0.29) is 12.1 Å². The molecule has 0 aliphatic carbocycles. The number of hydrogen-bond donors (Lipinski definition) is 1. The molecule has 1 unspecified atom stereocenters. The predicted molar refractivity (Wildman–Crippen MR) is 110 cm³/mol. The maximum absolute atomic E-state index is 12.2. The molecule has 2 heterocycles. The van der Waals surface area contributed by atoms with Crippen molar-refractivity contribution < 1.29 is 13.2 Å². The Morgan fingerprint density at radius 3 is 2.68 bits per heavy atom. The Morgan fingerprint density at radius 2 is 1.96 bits per heavy atom. The van der Waals surface area contributed by atoms with E-state index in [1.54, 1.807) is 6.07 Å². The van der Waals surface area contributed by atoms with E-state index >= 15 is 0 Å². The number of fused-ring (bicyclic) bond motifs is 1. The van der Waals surface area contributed by atoms with Gasteiger partial charge in [-0.3, -0.25) is 5.84 Å². The van der Waals surface area contributed by atoms with Crippen LogP contribution in [0.3, 0.4) is 0 Å². The molecule has 0 aromatic heterocycles. The number of nitrogens with zero attached hydrogens (tertiary/aromatic N) is 1. The first kappa shape index (κ1) is 19.4. The minimum absolute atomic E-state index is 0.0749. The Morgan fingerprint density at radius 1 is 1.21 bits per heavy atom. The molecule has 2 N–H and O–H groups in total. The van der Waals surface area contributed by atoms with Gasteiger partial charge in [0.2, 0.25) is 0 Å². The van der Waals surface area contributed by atoms with E-state index in [1.807, 2.05) is 36.2 Å². The van der Waals surface area contributed by atoms with E-state index in [9.17, 15) is 8.42 Å². The molecule has 1 saturated heterocycles. The highest BCUT2D eigenvalue weighted by molar-refractivity contribution is 7.90. The van der Waals surface area contributed by atoms with Crippen LogP contribution in [0.2, 0.25) is 0 Å². The zero-order valence-corrected chi connectivity index (χ0v) is 17.3. The highest BCUT2D eigenvalue weighted by Gasteiger charge is 2.33. The van der Waals surface area contributed by atoms with Crippen LogP contribution in [0.1, 0.15) is 42.5 Å². The van der Waals surface area contributed by atoms with Crippen molar-refractivity contribution in [3.63, 3.8) is 0 Å². The monoisotopic (exact) mass is 400 g/mol. The smallest absolute Gasteiger partial charge is 0.175 e. The second-order valence-corrected chi connectivity index (χ2v) is 10.2. The maximum atomic E-state index is 12.2. The van der Waals surface area contributed by atoms with Gasteiger partial charge in [-0.2, -0.15) is 0 Å². The van der Waals surface area contributed by atoms with Gasteiger partial charge in [0, 0.05) is 19.2 Å². The number of hydrogen-bond acceptors (Lipinski definition) is 5. The summed E-state index contributed by atoms with van der Waals surface area (Å²) in [4.78, 5) is 0.385. The Bertz CT molecular complexity index is 959. The topological polar surface area (TPSA) is 72.6 Å². The van der Waals surface area contributed by atoms with E-state index in [1.165, 1.54) is 11.8 Å². The third-order valence-corrected chi connectivity index (χ3v) is 6.98. The lowest BCUT2D eigenvalue weighted by Gasteiger charge is -2.39. The molecular formula is C22H28N2O3S. The van der Waals surface area contributed by atoms with Gasteiger partial charge in [-0.15, -0.1) is 0 Å². The van der Waals surface area contributed by atoms with Crippen molar-refractivity contribution >= 4 is 9.84 Å². The number of rotatable bonds is 4. The Kier molecular flexibility index (Phi) is 5.21. The van der Waals surface area contributed by atoms with Crippen molar-refractivity contribution in [2.45, 2.75) is 49.6 Å². The van der Waals surface area contributed by atoms with Crippen LogP contribution in [0.5, 0.6) is 5.75 Å². The quantitative estimate of drug-likeness (QED) is 0.798. The maximum Gasteiger partial charge on any atom is 0.175 e. The van der Waals surface area contributed by atoms with Crippen molar-refractivity contribution in [3.05, 3.63) is 59.2 Å². The predicted octanol–water partition coefficient (Wildman–Crippen LogP) is 3.28. The van der Waals surface area contributed by atoms with Gasteiger partial charge in [-0.1, -0.05) is 30.3 Å². The van der Waals surface area contributed by atoms with E-state index in [2.05, 4.69) is 12.1 Å². The van der Waals surface area contributed by atoms with E-state index < -0.39 is 9.84 Å². The van der Waals surface area contributed by atoms with Gasteiger partial charge in [0.05, 0.1) is 10.9 Å². The Balaban J connectivity index is 1.72. The highest BCUT2D eigenvalue weighted by atomic mass is 32.2. The molecule has 4 rings (SSSR count). The molecule has 0 radical (unpaired) electrons. The number of ether oxygens (including phenoxy) is 1. The Hall–Kier alpha value is -1.89. The molecule has 3 atom stereocenters. The summed E-state index contributed by atoms with van der Waals surface area (Å²) in [6, 6.07) is 14.1. The van der Waals surface area contributed by atoms with Crippen LogP contribution in [-0.2, 0) is 22.7 Å². The lowest BCUT2D eigenvalue weighted by Crippen LogP contribution is -2.44. The molecule has 6 heteroatoms. The lowest BCUT2D eigenvalue weighted by molar-refractivity contribution is 0.0920. The van der Waals surface area contributed by atoms with Gasteiger partial charge in [0.1, 0.15) is 11.9 Å². The van der Waals surface area contributed by atoms with Gasteiger partial charge in [0.15, 0.2) is 9.84 Å². The first-order chi connectivity index (χ1) is 13.3. The van der Waals surface area contributed by atoms with Crippen LogP contribution in [-0.4, -0.2) is 32.3 Å². The molecular weight excluding hydrogens is 372 g/mol. The molecule has 0 spiro atoms. The highest BCUT2D eigenvalue weighted by Crippen LogP contribution is 2.41. The molecule has 2 aromatic rings. The molecule has 0 amide bonds. The van der Waals surface area contributed by atoms with Crippen LogP contribution >= 0.6 is 0 Å². The molecule has 5 nitrogen and oxygen atoms in total. The zero-order valence-electron chi connectivity index (χ0n) is 16.5. The molecule has 28 heavy (non-hydrogen) atoms. The summed E-state index contributed by atoms with van der Waals surface area (Å²) in [5, 5.41) is 1.94. The van der Waals surface area contributed by atoms with Crippen molar-refractivity contribution in [3.8, 4) is 5.75 Å². The molecule has 1 fully saturated rings. The SMILES string of the molecule is CC1Cc2cc(S(C)(=O)=O)cc(C[C@@H]3CCCN(N)[C@@H]3c3ccccc3)c2O1. The zero-order chi connectivity index (χ0) is 19.9. The number of nitrogens with two attached hydrogens (primary N) is 1. The number of sulfone groups is 1. The van der Waals surface area contributed by atoms with E-state index in [4.69, 9.17) is 10.6 Å². The minimum Gasteiger partial charge on any atom is -0.490 e. The molecule has 0 bridgehead atoms. The fraction of sp³-hybridized carbons (Fsp3) is 0.455. The van der Waals surface area contributed by atoms with Gasteiger partial charge >= 0.3 is 0 Å². The summed E-state index contributed by atoms with van der Waals surface area (Å²) < 4.78 is 30.5. The van der Waals surface area contributed by atoms with Crippen LogP contribution in [0.15, 0.2) is 47.4 Å². The third-order valence-electron chi connectivity index (χ3n) is 5.89. The van der Waals surface area contributed by atoms with Gasteiger partial charge in [0.25, 0.3) is 0 Å². The first-order valence-electron chi connectivity index (χ1n) is 9.91. The van der Waals surface area contributed by atoms with Crippen molar-refractivity contribution in [2.24, 2.45) is 11.8 Å². The fourth-order valence-corrected chi connectivity index (χ4v) is 5.37. The summed E-state index contributed by atoms with van der Waals surface area (Å²) in [5.74, 6) is 7.58. The van der Waals surface area contributed by atoms with Crippen LogP contribution in [0, 0.1) is 5.92 Å².